The van der Waals surface area contributed by atoms with Gasteiger partial charge >= 0.3 is 0 Å². The summed E-state index contributed by atoms with van der Waals surface area (Å²) in [5.74, 6) is 0.251. The van der Waals surface area contributed by atoms with Crippen LogP contribution >= 0.6 is 0 Å². The topological polar surface area (TPSA) is 75.3 Å². The van der Waals surface area contributed by atoms with Crippen LogP contribution < -0.4 is 11.1 Å². The van der Waals surface area contributed by atoms with Crippen molar-refractivity contribution in [2.75, 3.05) is 13.2 Å². The molecule has 4 N–H and O–H groups in total. The number of aliphatic hydroxyl groups is 1. The third-order valence-corrected chi connectivity index (χ3v) is 4.67. The quantitative estimate of drug-likeness (QED) is 0.773. The van der Waals surface area contributed by atoms with Gasteiger partial charge in [-0.15, -0.1) is 0 Å². The monoisotopic (exact) mass is 290 g/mol. The van der Waals surface area contributed by atoms with E-state index in [1.54, 1.807) is 0 Å². The maximum Gasteiger partial charge on any atom is 0.224 e. The van der Waals surface area contributed by atoms with Crippen molar-refractivity contribution in [3.63, 3.8) is 0 Å². The molecule has 1 aliphatic rings. The number of amides is 1. The average Bonchev–Trinajstić information content (AvgIpc) is 2.55. The molecule has 0 bridgehead atoms. The average molecular weight is 290 g/mol. The fourth-order valence-corrected chi connectivity index (χ4v) is 3.21. The molecule has 0 aromatic heterocycles. The first-order chi connectivity index (χ1) is 10.1. The Morgan fingerprint density at radius 3 is 2.62 bits per heavy atom. The lowest BCUT2D eigenvalue weighted by Gasteiger charge is -2.35. The molecule has 1 saturated carbocycles. The normalized spacial score (nSPS) is 25.1. The molecule has 0 radical (unpaired) electrons. The van der Waals surface area contributed by atoms with Crippen molar-refractivity contribution in [2.45, 2.75) is 38.1 Å². The number of nitrogens with one attached hydrogen (secondary N) is 1. The Kier molecular flexibility index (Phi) is 5.37. The van der Waals surface area contributed by atoms with Crippen molar-refractivity contribution in [1.82, 2.24) is 5.32 Å². The zero-order valence-corrected chi connectivity index (χ0v) is 12.7. The number of benzene rings is 1. The van der Waals surface area contributed by atoms with E-state index >= 15 is 0 Å². The van der Waals surface area contributed by atoms with Crippen molar-refractivity contribution >= 4 is 5.91 Å². The molecule has 1 fully saturated rings. The first kappa shape index (κ1) is 16.0. The second-order valence-electron chi connectivity index (χ2n) is 6.23. The van der Waals surface area contributed by atoms with E-state index < -0.39 is 5.54 Å². The number of hydrogen-bond acceptors (Lipinski definition) is 3. The zero-order chi connectivity index (χ0) is 15.3. The van der Waals surface area contributed by atoms with Gasteiger partial charge in [0, 0.05) is 5.92 Å². The molecule has 1 aromatic carbocycles. The summed E-state index contributed by atoms with van der Waals surface area (Å²) in [6.07, 6.45) is 4.15. The molecular formula is C17H26N2O2. The minimum absolute atomic E-state index is 0.0190. The van der Waals surface area contributed by atoms with E-state index in [2.05, 4.69) is 5.32 Å². The Morgan fingerprint density at radius 1 is 1.33 bits per heavy atom. The maximum atomic E-state index is 12.6. The minimum atomic E-state index is -0.741. The number of hydrogen-bond donors (Lipinski definition) is 3. The van der Waals surface area contributed by atoms with E-state index in [9.17, 15) is 9.90 Å². The minimum Gasteiger partial charge on any atom is -0.394 e. The maximum absolute atomic E-state index is 12.6. The summed E-state index contributed by atoms with van der Waals surface area (Å²) in [7, 11) is 0. The number of carbonyl (C=O) groups excluding carboxylic acids is 1. The van der Waals surface area contributed by atoms with Crippen LogP contribution in [0.15, 0.2) is 30.3 Å². The van der Waals surface area contributed by atoms with Crippen LogP contribution in [0.3, 0.4) is 0 Å². The summed E-state index contributed by atoms with van der Waals surface area (Å²) in [5.41, 5.74) is 5.99. The van der Waals surface area contributed by atoms with Gasteiger partial charge in [-0.05, 0) is 37.8 Å². The van der Waals surface area contributed by atoms with Crippen molar-refractivity contribution in [2.24, 2.45) is 17.6 Å². The Balaban J connectivity index is 2.12. The van der Waals surface area contributed by atoms with Crippen LogP contribution in [0.4, 0.5) is 0 Å². The predicted octanol–water partition coefficient (Wildman–Crippen LogP) is 1.78. The van der Waals surface area contributed by atoms with E-state index in [1.165, 1.54) is 0 Å². The summed E-state index contributed by atoms with van der Waals surface area (Å²) in [4.78, 5) is 12.6. The van der Waals surface area contributed by atoms with Gasteiger partial charge in [0.2, 0.25) is 5.91 Å². The van der Waals surface area contributed by atoms with Crippen LogP contribution in [0.1, 0.15) is 38.2 Å². The molecule has 0 saturated heterocycles. The van der Waals surface area contributed by atoms with Crippen molar-refractivity contribution in [3.05, 3.63) is 35.9 Å². The van der Waals surface area contributed by atoms with Gasteiger partial charge in [0.05, 0.1) is 12.1 Å². The molecule has 2 rings (SSSR count). The first-order valence-electron chi connectivity index (χ1n) is 7.79. The molecule has 3 unspecified atom stereocenters. The van der Waals surface area contributed by atoms with E-state index in [4.69, 9.17) is 5.73 Å². The highest BCUT2D eigenvalue weighted by Gasteiger charge is 2.35. The van der Waals surface area contributed by atoms with Crippen LogP contribution in [-0.4, -0.2) is 24.2 Å². The molecule has 4 heteroatoms. The van der Waals surface area contributed by atoms with Crippen LogP contribution in [-0.2, 0) is 10.3 Å². The second kappa shape index (κ2) is 7.05. The van der Waals surface area contributed by atoms with E-state index in [1.807, 2.05) is 37.3 Å². The summed E-state index contributed by atoms with van der Waals surface area (Å²) in [5, 5.41) is 12.8. The third kappa shape index (κ3) is 3.63. The lowest BCUT2D eigenvalue weighted by Crippen LogP contribution is -2.50. The summed E-state index contributed by atoms with van der Waals surface area (Å²) < 4.78 is 0. The highest BCUT2D eigenvalue weighted by molar-refractivity contribution is 5.80. The summed E-state index contributed by atoms with van der Waals surface area (Å²) in [6.45, 7) is 2.29. The highest BCUT2D eigenvalue weighted by Crippen LogP contribution is 2.31. The number of carbonyl (C=O) groups is 1. The molecule has 1 aromatic rings. The molecule has 21 heavy (non-hydrogen) atoms. The SMILES string of the molecule is CC(CO)(NC(=O)C1CCCCC1CN)c1ccccc1. The smallest absolute Gasteiger partial charge is 0.224 e. The molecule has 0 heterocycles. The van der Waals surface area contributed by atoms with Gasteiger partial charge in [-0.25, -0.2) is 0 Å². The standard InChI is InChI=1S/C17H26N2O2/c1-17(12-20,14-8-3-2-4-9-14)19-16(21)15-10-6-5-7-13(15)11-18/h2-4,8-9,13,15,20H,5-7,10-12,18H2,1H3,(H,19,21). The Bertz CT molecular complexity index is 463. The van der Waals surface area contributed by atoms with Gasteiger partial charge in [0.15, 0.2) is 0 Å². The fraction of sp³-hybridized carbons (Fsp3) is 0.588. The number of rotatable bonds is 5. The Hall–Kier alpha value is -1.39. The molecule has 3 atom stereocenters. The first-order valence-corrected chi connectivity index (χ1v) is 7.79. The third-order valence-electron chi connectivity index (χ3n) is 4.67. The largest absolute Gasteiger partial charge is 0.394 e. The van der Waals surface area contributed by atoms with E-state index in [0.29, 0.717) is 6.54 Å². The predicted molar refractivity (Wildman–Crippen MR) is 83.5 cm³/mol. The van der Waals surface area contributed by atoms with Crippen LogP contribution in [0.25, 0.3) is 0 Å². The lowest BCUT2D eigenvalue weighted by molar-refractivity contribution is -0.130. The van der Waals surface area contributed by atoms with Gasteiger partial charge in [0.25, 0.3) is 0 Å². The van der Waals surface area contributed by atoms with Gasteiger partial charge in [-0.1, -0.05) is 43.2 Å². The molecule has 0 spiro atoms. The zero-order valence-electron chi connectivity index (χ0n) is 12.7. The fourth-order valence-electron chi connectivity index (χ4n) is 3.21. The van der Waals surface area contributed by atoms with Gasteiger partial charge in [-0.3, -0.25) is 4.79 Å². The number of nitrogens with two attached hydrogens (primary N) is 1. The van der Waals surface area contributed by atoms with Gasteiger partial charge in [-0.2, -0.15) is 0 Å². The second-order valence-corrected chi connectivity index (χ2v) is 6.23. The summed E-state index contributed by atoms with van der Waals surface area (Å²) >= 11 is 0. The van der Waals surface area contributed by atoms with Crippen LogP contribution in [0.2, 0.25) is 0 Å². The molecule has 1 aliphatic carbocycles. The van der Waals surface area contributed by atoms with Gasteiger partial charge < -0.3 is 16.2 Å². The number of aliphatic hydroxyl groups excluding tert-OH is 1. The van der Waals surface area contributed by atoms with Crippen molar-refractivity contribution in [3.8, 4) is 0 Å². The summed E-state index contributed by atoms with van der Waals surface area (Å²) in [6, 6.07) is 9.61. The molecule has 116 valence electrons. The molecule has 4 nitrogen and oxygen atoms in total. The van der Waals surface area contributed by atoms with E-state index in [-0.39, 0.29) is 24.3 Å². The lowest BCUT2D eigenvalue weighted by atomic mass is 9.78. The van der Waals surface area contributed by atoms with Crippen molar-refractivity contribution in [1.29, 1.82) is 0 Å². The van der Waals surface area contributed by atoms with Crippen LogP contribution in [0.5, 0.6) is 0 Å². The molecule has 0 aliphatic heterocycles. The Morgan fingerprint density at radius 2 is 2.00 bits per heavy atom. The Labute approximate surface area is 126 Å². The van der Waals surface area contributed by atoms with Crippen molar-refractivity contribution < 1.29 is 9.90 Å². The molecular weight excluding hydrogens is 264 g/mol. The van der Waals surface area contributed by atoms with E-state index in [0.717, 1.165) is 31.2 Å². The van der Waals surface area contributed by atoms with Crippen LogP contribution in [0, 0.1) is 11.8 Å². The van der Waals surface area contributed by atoms with Gasteiger partial charge in [0.1, 0.15) is 0 Å². The highest BCUT2D eigenvalue weighted by atomic mass is 16.3. The molecule has 1 amide bonds.